The van der Waals surface area contributed by atoms with Gasteiger partial charge in [0.15, 0.2) is 0 Å². The second-order valence-electron chi connectivity index (χ2n) is 6.44. The number of carbonyl (C=O) groups excluding carboxylic acids is 1. The lowest BCUT2D eigenvalue weighted by molar-refractivity contribution is -0.140. The number of benzene rings is 2. The van der Waals surface area contributed by atoms with E-state index < -0.39 is 28.1 Å². The summed E-state index contributed by atoms with van der Waals surface area (Å²) in [5, 5.41) is 14.5. The molecule has 1 fully saturated rings. The van der Waals surface area contributed by atoms with E-state index >= 15 is 0 Å². The Morgan fingerprint density at radius 3 is 2.10 bits per heavy atom. The molecule has 2 aromatic rings. The van der Waals surface area contributed by atoms with E-state index in [1.54, 1.807) is 31.4 Å². The zero-order chi connectivity index (χ0) is 21.0. The van der Waals surface area contributed by atoms with Crippen LogP contribution in [-0.2, 0) is 14.8 Å². The number of carboxylic acids is 1. The maximum Gasteiger partial charge on any atom is 0.323 e. The predicted molar refractivity (Wildman–Crippen MR) is 107 cm³/mol. The molecule has 3 rings (SSSR count). The van der Waals surface area contributed by atoms with Crippen LogP contribution in [0, 0.1) is 0 Å². The SMILES string of the molecule is COc1ccc(NC(=O)Nc2ccc(S(=O)(=O)N3CCC[C@H]3C(=O)O)cc2)cc1. The molecule has 9 nitrogen and oxygen atoms in total. The first kappa shape index (κ1) is 20.6. The fourth-order valence-electron chi connectivity index (χ4n) is 3.09. The van der Waals surface area contributed by atoms with Crippen molar-refractivity contribution in [3.05, 3.63) is 48.5 Å². The molecule has 0 radical (unpaired) electrons. The number of hydrogen-bond acceptors (Lipinski definition) is 5. The highest BCUT2D eigenvalue weighted by Crippen LogP contribution is 2.27. The molecule has 0 bridgehead atoms. The van der Waals surface area contributed by atoms with Crippen LogP contribution < -0.4 is 15.4 Å². The monoisotopic (exact) mass is 419 g/mol. The van der Waals surface area contributed by atoms with Gasteiger partial charge in [-0.3, -0.25) is 4.79 Å². The fourth-order valence-corrected chi connectivity index (χ4v) is 4.74. The van der Waals surface area contributed by atoms with Gasteiger partial charge < -0.3 is 20.5 Å². The van der Waals surface area contributed by atoms with Gasteiger partial charge in [-0.15, -0.1) is 0 Å². The summed E-state index contributed by atoms with van der Waals surface area (Å²) in [7, 11) is -2.37. The smallest absolute Gasteiger partial charge is 0.323 e. The third-order valence-corrected chi connectivity index (χ3v) is 6.48. The Kier molecular flexibility index (Phi) is 6.04. The number of nitrogens with zero attached hydrogens (tertiary/aromatic N) is 1. The lowest BCUT2D eigenvalue weighted by atomic mass is 10.2. The topological polar surface area (TPSA) is 125 Å². The summed E-state index contributed by atoms with van der Waals surface area (Å²) in [6.45, 7) is 0.170. The molecule has 1 aliphatic heterocycles. The Balaban J connectivity index is 1.66. The van der Waals surface area contributed by atoms with E-state index in [1.807, 2.05) is 0 Å². The number of urea groups is 1. The Morgan fingerprint density at radius 1 is 1.03 bits per heavy atom. The second kappa shape index (κ2) is 8.50. The van der Waals surface area contributed by atoms with Crippen LogP contribution in [0.25, 0.3) is 0 Å². The van der Waals surface area contributed by atoms with E-state index in [4.69, 9.17) is 4.74 Å². The lowest BCUT2D eigenvalue weighted by Gasteiger charge is -2.21. The number of nitrogens with one attached hydrogen (secondary N) is 2. The van der Waals surface area contributed by atoms with Crippen molar-refractivity contribution >= 4 is 33.4 Å². The minimum atomic E-state index is -3.92. The minimum absolute atomic E-state index is 0.0215. The van der Waals surface area contributed by atoms with Crippen molar-refractivity contribution in [2.45, 2.75) is 23.8 Å². The zero-order valence-corrected chi connectivity index (χ0v) is 16.5. The highest BCUT2D eigenvalue weighted by Gasteiger charge is 2.39. The number of hydrogen-bond donors (Lipinski definition) is 3. The third-order valence-electron chi connectivity index (χ3n) is 4.56. The van der Waals surface area contributed by atoms with Crippen LogP contribution >= 0.6 is 0 Å². The number of aliphatic carboxylic acids is 1. The second-order valence-corrected chi connectivity index (χ2v) is 8.33. The van der Waals surface area contributed by atoms with Gasteiger partial charge in [0.2, 0.25) is 10.0 Å². The first-order valence-electron chi connectivity index (χ1n) is 8.88. The molecule has 29 heavy (non-hydrogen) atoms. The first-order chi connectivity index (χ1) is 13.8. The van der Waals surface area contributed by atoms with Gasteiger partial charge in [0, 0.05) is 17.9 Å². The summed E-state index contributed by atoms with van der Waals surface area (Å²) >= 11 is 0. The van der Waals surface area contributed by atoms with E-state index in [1.165, 1.54) is 24.3 Å². The summed E-state index contributed by atoms with van der Waals surface area (Å²) in [4.78, 5) is 23.4. The van der Waals surface area contributed by atoms with Crippen LogP contribution in [-0.4, -0.2) is 49.5 Å². The average molecular weight is 419 g/mol. The maximum atomic E-state index is 12.7. The van der Waals surface area contributed by atoms with E-state index in [9.17, 15) is 23.1 Å². The number of carbonyl (C=O) groups is 2. The first-order valence-corrected chi connectivity index (χ1v) is 10.3. The Bertz CT molecular complexity index is 990. The van der Waals surface area contributed by atoms with Gasteiger partial charge in [0.05, 0.1) is 12.0 Å². The van der Waals surface area contributed by atoms with Crippen molar-refractivity contribution in [2.75, 3.05) is 24.3 Å². The largest absolute Gasteiger partial charge is 0.497 e. The van der Waals surface area contributed by atoms with Crippen molar-refractivity contribution in [1.29, 1.82) is 0 Å². The van der Waals surface area contributed by atoms with E-state index in [2.05, 4.69) is 10.6 Å². The number of ether oxygens (including phenoxy) is 1. The quantitative estimate of drug-likeness (QED) is 0.661. The van der Waals surface area contributed by atoms with Crippen LogP contribution in [0.2, 0.25) is 0 Å². The number of anilines is 2. The molecular formula is C19H21N3O6S. The molecule has 0 saturated carbocycles. The number of rotatable bonds is 6. The Hall–Kier alpha value is -3.11. The van der Waals surface area contributed by atoms with Gasteiger partial charge in [0.25, 0.3) is 0 Å². The predicted octanol–water partition coefficient (Wildman–Crippen LogP) is 2.58. The van der Waals surface area contributed by atoms with Crippen LogP contribution in [0.1, 0.15) is 12.8 Å². The molecule has 10 heteroatoms. The summed E-state index contributed by atoms with van der Waals surface area (Å²) in [6, 6.07) is 10.8. The highest BCUT2D eigenvalue weighted by atomic mass is 32.2. The van der Waals surface area contributed by atoms with Crippen LogP contribution in [0.3, 0.4) is 0 Å². The number of sulfonamides is 1. The van der Waals surface area contributed by atoms with Gasteiger partial charge >= 0.3 is 12.0 Å². The number of methoxy groups -OCH3 is 1. The molecular weight excluding hydrogens is 398 g/mol. The van der Waals surface area contributed by atoms with Crippen molar-refractivity contribution in [1.82, 2.24) is 4.31 Å². The van der Waals surface area contributed by atoms with Crippen molar-refractivity contribution in [2.24, 2.45) is 0 Å². The molecule has 0 spiro atoms. The normalized spacial score (nSPS) is 16.9. The van der Waals surface area contributed by atoms with Crippen LogP contribution in [0.4, 0.5) is 16.2 Å². The molecule has 1 saturated heterocycles. The van der Waals surface area contributed by atoms with E-state index in [0.29, 0.717) is 30.0 Å². The molecule has 1 atom stereocenters. The van der Waals surface area contributed by atoms with Crippen molar-refractivity contribution < 1.29 is 27.9 Å². The Labute approximate surface area is 168 Å². The third kappa shape index (κ3) is 4.66. The number of amides is 2. The molecule has 2 aromatic carbocycles. The summed E-state index contributed by atoms with van der Waals surface area (Å²) in [5.41, 5.74) is 0.961. The average Bonchev–Trinajstić information content (AvgIpc) is 3.20. The summed E-state index contributed by atoms with van der Waals surface area (Å²) in [6.07, 6.45) is 0.793. The highest BCUT2D eigenvalue weighted by molar-refractivity contribution is 7.89. The minimum Gasteiger partial charge on any atom is -0.497 e. The van der Waals surface area contributed by atoms with Crippen molar-refractivity contribution in [3.63, 3.8) is 0 Å². The molecule has 0 aliphatic carbocycles. The maximum absolute atomic E-state index is 12.7. The molecule has 1 heterocycles. The molecule has 2 amide bonds. The van der Waals surface area contributed by atoms with Gasteiger partial charge in [-0.05, 0) is 61.4 Å². The summed E-state index contributed by atoms with van der Waals surface area (Å²) < 4.78 is 31.5. The van der Waals surface area contributed by atoms with Gasteiger partial charge in [-0.2, -0.15) is 4.31 Å². The van der Waals surface area contributed by atoms with Crippen LogP contribution in [0.15, 0.2) is 53.4 Å². The molecule has 154 valence electrons. The molecule has 3 N–H and O–H groups in total. The molecule has 0 unspecified atom stereocenters. The standard InChI is InChI=1S/C19H21N3O6S/c1-28-15-8-4-13(5-9-15)20-19(25)21-14-6-10-16(11-7-14)29(26,27)22-12-2-3-17(22)18(23)24/h4-11,17H,2-3,12H2,1H3,(H,23,24)(H2,20,21,25)/t17-/m0/s1. The lowest BCUT2D eigenvalue weighted by Crippen LogP contribution is -2.40. The molecule has 1 aliphatic rings. The Morgan fingerprint density at radius 2 is 1.59 bits per heavy atom. The van der Waals surface area contributed by atoms with Gasteiger partial charge in [0.1, 0.15) is 11.8 Å². The fraction of sp³-hybridized carbons (Fsp3) is 0.263. The van der Waals surface area contributed by atoms with E-state index in [-0.39, 0.29) is 11.4 Å². The van der Waals surface area contributed by atoms with Crippen LogP contribution in [0.5, 0.6) is 5.75 Å². The number of carboxylic acid groups (broad SMARTS) is 1. The van der Waals surface area contributed by atoms with Gasteiger partial charge in [-0.25, -0.2) is 13.2 Å². The van der Waals surface area contributed by atoms with Gasteiger partial charge in [-0.1, -0.05) is 0 Å². The molecule has 0 aromatic heterocycles. The van der Waals surface area contributed by atoms with E-state index in [0.717, 1.165) is 4.31 Å². The van der Waals surface area contributed by atoms with Crippen molar-refractivity contribution in [3.8, 4) is 5.75 Å². The zero-order valence-electron chi connectivity index (χ0n) is 15.7. The summed E-state index contributed by atoms with van der Waals surface area (Å²) in [5.74, 6) is -0.490.